The highest BCUT2D eigenvalue weighted by atomic mass is 28.3. The summed E-state index contributed by atoms with van der Waals surface area (Å²) in [4.78, 5) is 49.7. The number of H-pyrrole nitrogens is 1. The lowest BCUT2D eigenvalue weighted by Crippen LogP contribution is -2.34. The van der Waals surface area contributed by atoms with E-state index < -0.39 is 14.0 Å². The molecule has 0 aliphatic carbocycles. The highest BCUT2D eigenvalue weighted by Gasteiger charge is 2.40. The van der Waals surface area contributed by atoms with Crippen molar-refractivity contribution >= 4 is 60.1 Å². The molecule has 4 aromatic carbocycles. The maximum atomic E-state index is 12.5. The van der Waals surface area contributed by atoms with Gasteiger partial charge in [-0.25, -0.2) is 9.67 Å². The topological polar surface area (TPSA) is 217 Å². The molecule has 0 saturated carbocycles. The fourth-order valence-electron chi connectivity index (χ4n) is 7.99. The molecule has 0 spiro atoms. The number of aliphatic carboxylic acids is 1. The molecule has 17 heteroatoms. The number of hydrogen-bond acceptors (Lipinski definition) is 11. The van der Waals surface area contributed by atoms with Crippen molar-refractivity contribution in [3.05, 3.63) is 115 Å². The summed E-state index contributed by atoms with van der Waals surface area (Å²) in [5, 5.41) is 12.8. The van der Waals surface area contributed by atoms with Gasteiger partial charge in [-0.2, -0.15) is 5.10 Å². The highest BCUT2D eigenvalue weighted by molar-refractivity contribution is 6.76. The molecule has 2 amide bonds. The van der Waals surface area contributed by atoms with Gasteiger partial charge in [0.1, 0.15) is 42.1 Å². The summed E-state index contributed by atoms with van der Waals surface area (Å²) >= 11 is 0. The molecule has 3 aliphatic heterocycles. The Balaban J connectivity index is 0.000000168. The number of amides is 2. The van der Waals surface area contributed by atoms with Gasteiger partial charge in [-0.15, -0.1) is 0 Å². The number of nitrogens with two attached hydrogens (primary N) is 2. The molecular weight excluding hydrogens is 903 g/mol. The zero-order valence-electron chi connectivity index (χ0n) is 41.2. The fourth-order valence-corrected chi connectivity index (χ4v) is 8.75. The maximum Gasteiger partial charge on any atom is 0.323 e. The number of nitrogens with zero attached hydrogens (tertiary/aromatic N) is 6. The van der Waals surface area contributed by atoms with E-state index in [1.165, 1.54) is 10.5 Å². The Morgan fingerprint density at radius 1 is 0.771 bits per heavy atom. The molecule has 0 atom stereocenters. The average Bonchev–Trinajstić information content (AvgIpc) is 4.17. The number of carbonyl (C=O) groups excluding carboxylic acids is 2. The van der Waals surface area contributed by atoms with Crippen molar-refractivity contribution in [1.82, 2.24) is 29.5 Å². The molecular formula is C53H65N9O7Si. The first kappa shape index (κ1) is 50.6. The monoisotopic (exact) mass is 967 g/mol. The normalized spacial score (nSPS) is 15.9. The first-order valence-corrected chi connectivity index (χ1v) is 27.2. The number of carbonyl (C=O) groups is 3. The molecule has 2 saturated heterocycles. The van der Waals surface area contributed by atoms with E-state index in [2.05, 4.69) is 51.8 Å². The summed E-state index contributed by atoms with van der Waals surface area (Å²) in [6, 6.07) is 30.1. The molecule has 70 heavy (non-hydrogen) atoms. The lowest BCUT2D eigenvalue weighted by Gasteiger charge is -2.18. The number of likely N-dealkylation sites (tertiary alicyclic amines) is 2. The molecule has 0 radical (unpaired) electrons. The van der Waals surface area contributed by atoms with E-state index in [0.717, 1.165) is 89.5 Å². The first-order valence-electron chi connectivity index (χ1n) is 23.5. The Morgan fingerprint density at radius 2 is 1.37 bits per heavy atom. The minimum Gasteiger partial charge on any atom is -0.480 e. The summed E-state index contributed by atoms with van der Waals surface area (Å²) in [5.41, 5.74) is 18.2. The van der Waals surface area contributed by atoms with Gasteiger partial charge in [0.2, 0.25) is 11.8 Å². The smallest absolute Gasteiger partial charge is 0.323 e. The van der Waals surface area contributed by atoms with Crippen LogP contribution in [0.5, 0.6) is 23.0 Å². The largest absolute Gasteiger partial charge is 0.480 e. The van der Waals surface area contributed by atoms with E-state index in [1.54, 1.807) is 24.4 Å². The van der Waals surface area contributed by atoms with Crippen molar-refractivity contribution in [2.45, 2.75) is 79.5 Å². The Kier molecular flexibility index (Phi) is 15.6. The van der Waals surface area contributed by atoms with Gasteiger partial charge in [0.15, 0.2) is 0 Å². The van der Waals surface area contributed by atoms with Crippen LogP contribution >= 0.6 is 0 Å². The number of fused-ring (bicyclic) bond motifs is 1. The number of ether oxygens (including phenoxy) is 3. The molecule has 6 N–H and O–H groups in total. The van der Waals surface area contributed by atoms with Gasteiger partial charge in [-0.3, -0.25) is 19.4 Å². The van der Waals surface area contributed by atoms with Crippen LogP contribution < -0.4 is 20.9 Å². The number of rotatable bonds is 15. The van der Waals surface area contributed by atoms with Gasteiger partial charge < -0.3 is 45.6 Å². The molecule has 16 nitrogen and oxygen atoms in total. The van der Waals surface area contributed by atoms with Crippen LogP contribution in [0.3, 0.4) is 0 Å². The summed E-state index contributed by atoms with van der Waals surface area (Å²) in [6.07, 6.45) is 7.30. The maximum absolute atomic E-state index is 12.5. The standard InChI is InChI=1S/C24H24N4O2.C21H28N4O2Si.C8H13NO3/c1-24(2)10-12-28(23(24)29)15-22-26-20-8-7-19(13-21(20)27-22)30-18-5-3-16(4-6-18)17-9-11-25-14-17;1-28(2,3)13-12-26-15-25-21(10-11-24-25)16-4-6-17(7-5-16)27-18-8-9-19(22)20(23)14-18;1-8(2)3-4-9(7(8)12)5-6(10)11/h3-9,11,13H,10,12,14-15H2,1-2H3,(H,26,27);4-11,14H,12-13,15,22-23H2,1-3H3;3-5H2,1-2H3,(H,10,11). The molecule has 9 rings (SSSR count). The second-order valence-corrected chi connectivity index (χ2v) is 25.9. The van der Waals surface area contributed by atoms with E-state index in [-0.39, 0.29) is 29.2 Å². The Hall–Kier alpha value is -7.24. The van der Waals surface area contributed by atoms with Crippen molar-refractivity contribution in [3.8, 4) is 34.3 Å². The Bertz CT molecular complexity index is 2860. The van der Waals surface area contributed by atoms with Gasteiger partial charge in [0.05, 0.1) is 41.2 Å². The van der Waals surface area contributed by atoms with Crippen LogP contribution in [0, 0.1) is 10.8 Å². The van der Waals surface area contributed by atoms with Crippen molar-refractivity contribution in [3.63, 3.8) is 0 Å². The molecule has 3 aliphatic rings. The number of nitrogen functional groups attached to an aromatic ring is 2. The zero-order chi connectivity index (χ0) is 50.2. The minimum atomic E-state index is -1.09. The predicted molar refractivity (Wildman–Crippen MR) is 277 cm³/mol. The number of nitrogens with one attached hydrogen (secondary N) is 1. The van der Waals surface area contributed by atoms with E-state index >= 15 is 0 Å². The summed E-state index contributed by atoms with van der Waals surface area (Å²) in [5.74, 6) is 2.89. The third kappa shape index (κ3) is 13.3. The molecule has 5 heterocycles. The number of hydrogen-bond donors (Lipinski definition) is 4. The second-order valence-electron chi connectivity index (χ2n) is 20.3. The first-order chi connectivity index (χ1) is 33.2. The van der Waals surface area contributed by atoms with Crippen LogP contribution in [0.15, 0.2) is 108 Å². The number of aliphatic imine (C=N–C) groups is 1. The van der Waals surface area contributed by atoms with Crippen molar-refractivity contribution in [2.75, 3.05) is 44.3 Å². The van der Waals surface area contributed by atoms with Crippen LogP contribution in [0.2, 0.25) is 25.7 Å². The van der Waals surface area contributed by atoms with Gasteiger partial charge >= 0.3 is 5.97 Å². The van der Waals surface area contributed by atoms with Crippen LogP contribution in [-0.4, -0.2) is 99.5 Å². The molecule has 6 aromatic rings. The van der Waals surface area contributed by atoms with E-state index in [4.69, 9.17) is 30.8 Å². The fraction of sp³-hybridized carbons (Fsp3) is 0.358. The van der Waals surface area contributed by atoms with E-state index in [9.17, 15) is 14.4 Å². The quantitative estimate of drug-likeness (QED) is 0.0431. The van der Waals surface area contributed by atoms with Gasteiger partial charge in [-0.05, 0) is 103 Å². The Labute approximate surface area is 410 Å². The predicted octanol–water partition coefficient (Wildman–Crippen LogP) is 9.73. The minimum absolute atomic E-state index is 0.0510. The van der Waals surface area contributed by atoms with E-state index in [1.807, 2.05) is 110 Å². The number of benzene rings is 4. The van der Waals surface area contributed by atoms with Gasteiger partial charge in [-0.1, -0.05) is 59.5 Å². The van der Waals surface area contributed by atoms with Crippen molar-refractivity contribution in [1.29, 1.82) is 0 Å². The number of aromatic amines is 1. The number of anilines is 2. The summed E-state index contributed by atoms with van der Waals surface area (Å²) in [6.45, 7) is 18.4. The van der Waals surface area contributed by atoms with Gasteiger partial charge in [0.25, 0.3) is 0 Å². The summed E-state index contributed by atoms with van der Waals surface area (Å²) < 4.78 is 19.6. The lowest BCUT2D eigenvalue weighted by molar-refractivity contribution is -0.144. The second kappa shape index (κ2) is 21.6. The average molecular weight is 968 g/mol. The highest BCUT2D eigenvalue weighted by Crippen LogP contribution is 2.33. The van der Waals surface area contributed by atoms with Crippen LogP contribution in [-0.2, 0) is 32.4 Å². The van der Waals surface area contributed by atoms with Gasteiger partial charge in [0, 0.05) is 68.7 Å². The third-order valence-electron chi connectivity index (χ3n) is 12.4. The van der Waals surface area contributed by atoms with Crippen LogP contribution in [0.25, 0.3) is 27.9 Å². The zero-order valence-corrected chi connectivity index (χ0v) is 42.2. The number of imidazole rings is 1. The number of allylic oxidation sites excluding steroid dienone is 1. The van der Waals surface area contributed by atoms with Crippen LogP contribution in [0.4, 0.5) is 11.4 Å². The summed E-state index contributed by atoms with van der Waals surface area (Å²) in [7, 11) is -1.09. The molecule has 368 valence electrons. The SMILES string of the molecule is CC1(C)CCN(CC(=O)O)C1=O.CC1(C)CCN(Cc2nc3ccc(Oc4ccc(C5=CC=NC5)cc4)cc3[nH]2)C1=O.C[Si](C)(C)CCOCn1nccc1-c1ccc(Oc2ccc(N)c(N)c2)cc1. The van der Waals surface area contributed by atoms with Crippen LogP contribution in [0.1, 0.15) is 51.9 Å². The molecule has 0 unspecified atom stereocenters. The van der Waals surface area contributed by atoms with E-state index in [0.29, 0.717) is 36.9 Å². The molecule has 2 aromatic heterocycles. The number of carboxylic acids is 1. The molecule has 2 fully saturated rings. The van der Waals surface area contributed by atoms with Crippen molar-refractivity contribution < 1.29 is 33.7 Å². The molecule has 0 bridgehead atoms. The lowest BCUT2D eigenvalue weighted by atomic mass is 9.92. The number of aromatic nitrogens is 4. The van der Waals surface area contributed by atoms with Crippen molar-refractivity contribution in [2.24, 2.45) is 15.8 Å². The number of carboxylic acid groups (broad SMARTS) is 1. The Morgan fingerprint density at radius 3 is 1.94 bits per heavy atom. The third-order valence-corrected chi connectivity index (χ3v) is 14.1.